The van der Waals surface area contributed by atoms with Gasteiger partial charge < -0.3 is 24.7 Å². The zero-order valence-corrected chi connectivity index (χ0v) is 15.3. The fourth-order valence-electron chi connectivity index (χ4n) is 2.20. The van der Waals surface area contributed by atoms with Gasteiger partial charge >= 0.3 is 5.97 Å². The molecule has 1 rings (SSSR count). The molecule has 1 fully saturated rings. The molecular formula is C17H33NO5. The Balaban J connectivity index is 2.95. The summed E-state index contributed by atoms with van der Waals surface area (Å²) in [6, 6.07) is -0.777. The summed E-state index contributed by atoms with van der Waals surface area (Å²) in [6.07, 6.45) is -0.339. The first kappa shape index (κ1) is 20.4. The monoisotopic (exact) mass is 331 g/mol. The third-order valence-electron chi connectivity index (χ3n) is 3.96. The van der Waals surface area contributed by atoms with Crippen LogP contribution in [0.5, 0.6) is 0 Å². The van der Waals surface area contributed by atoms with Gasteiger partial charge in [-0.2, -0.15) is 0 Å². The Morgan fingerprint density at radius 1 is 1.35 bits per heavy atom. The minimum Gasteiger partial charge on any atom is -0.459 e. The van der Waals surface area contributed by atoms with Gasteiger partial charge in [0.1, 0.15) is 24.4 Å². The Labute approximate surface area is 140 Å². The van der Waals surface area contributed by atoms with E-state index < -0.39 is 24.2 Å². The number of rotatable bonds is 6. The van der Waals surface area contributed by atoms with Crippen molar-refractivity contribution in [2.24, 2.45) is 11.7 Å². The smallest absolute Gasteiger partial charge is 0.325 e. The third kappa shape index (κ3) is 6.75. The minimum atomic E-state index is -0.777. The topological polar surface area (TPSA) is 80.0 Å². The number of hydrogen-bond donors (Lipinski definition) is 1. The van der Waals surface area contributed by atoms with Crippen LogP contribution in [-0.2, 0) is 23.7 Å². The molecule has 0 saturated carbocycles. The summed E-state index contributed by atoms with van der Waals surface area (Å²) in [4.78, 5) is 12.0. The van der Waals surface area contributed by atoms with Crippen LogP contribution in [0.2, 0.25) is 0 Å². The molecule has 6 heteroatoms. The van der Waals surface area contributed by atoms with Crippen molar-refractivity contribution in [1.82, 2.24) is 0 Å². The molecule has 6 nitrogen and oxygen atoms in total. The molecule has 1 aliphatic rings. The van der Waals surface area contributed by atoms with Crippen LogP contribution in [0.25, 0.3) is 0 Å². The molecule has 2 N–H and O–H groups in total. The average Bonchev–Trinajstić information content (AvgIpc) is 2.51. The van der Waals surface area contributed by atoms with Gasteiger partial charge in [0.05, 0.1) is 18.8 Å². The molecule has 0 spiro atoms. The molecule has 0 radical (unpaired) electrons. The molecular weight excluding hydrogens is 298 g/mol. The van der Waals surface area contributed by atoms with Gasteiger partial charge in [-0.15, -0.1) is 0 Å². The minimum absolute atomic E-state index is 0.122. The summed E-state index contributed by atoms with van der Waals surface area (Å²) >= 11 is 0. The van der Waals surface area contributed by atoms with E-state index >= 15 is 0 Å². The largest absolute Gasteiger partial charge is 0.459 e. The van der Waals surface area contributed by atoms with E-state index in [1.807, 2.05) is 20.8 Å². The van der Waals surface area contributed by atoms with Crippen LogP contribution < -0.4 is 5.73 Å². The number of nitrogens with two attached hydrogens (primary N) is 1. The first-order valence-corrected chi connectivity index (χ1v) is 8.49. The van der Waals surface area contributed by atoms with E-state index in [-0.39, 0.29) is 18.3 Å². The molecule has 0 aliphatic carbocycles. The van der Waals surface area contributed by atoms with Gasteiger partial charge in [-0.1, -0.05) is 20.8 Å². The average molecular weight is 331 g/mol. The van der Waals surface area contributed by atoms with Gasteiger partial charge in [-0.25, -0.2) is 0 Å². The highest BCUT2D eigenvalue weighted by atomic mass is 16.6. The second-order valence-electron chi connectivity index (χ2n) is 7.25. The maximum atomic E-state index is 12.0. The van der Waals surface area contributed by atoms with Crippen LogP contribution in [0.15, 0.2) is 0 Å². The predicted octanol–water partition coefficient (Wildman–Crippen LogP) is 1.89. The van der Waals surface area contributed by atoms with Crippen LogP contribution in [0, 0.1) is 5.92 Å². The van der Waals surface area contributed by atoms with Crippen molar-refractivity contribution in [2.75, 3.05) is 19.8 Å². The van der Waals surface area contributed by atoms with E-state index in [1.165, 1.54) is 0 Å². The van der Waals surface area contributed by atoms with Crippen LogP contribution in [-0.4, -0.2) is 55.7 Å². The lowest BCUT2D eigenvalue weighted by atomic mass is 10.0. The Morgan fingerprint density at radius 3 is 2.57 bits per heavy atom. The van der Waals surface area contributed by atoms with E-state index in [0.29, 0.717) is 19.1 Å². The summed E-state index contributed by atoms with van der Waals surface area (Å²) in [7, 11) is 0. The van der Waals surface area contributed by atoms with Crippen LogP contribution in [0.1, 0.15) is 48.0 Å². The molecule has 0 unspecified atom stereocenters. The number of esters is 1. The molecule has 23 heavy (non-hydrogen) atoms. The number of carbonyl (C=O) groups excluding carboxylic acids is 1. The first-order chi connectivity index (χ1) is 10.7. The van der Waals surface area contributed by atoms with E-state index in [4.69, 9.17) is 24.7 Å². The molecule has 1 aliphatic heterocycles. The van der Waals surface area contributed by atoms with E-state index in [0.717, 1.165) is 6.42 Å². The van der Waals surface area contributed by atoms with Gasteiger partial charge in [0, 0.05) is 6.61 Å². The highest BCUT2D eigenvalue weighted by molar-refractivity contribution is 5.75. The SMILES string of the molecule is CCC(C)(C)O[C@H]1[C@H](C)OC(=O)[C@@H](N)COC[C@@H]1OCC(C)C. The third-order valence-corrected chi connectivity index (χ3v) is 3.96. The molecule has 0 aromatic rings. The molecule has 136 valence electrons. The van der Waals surface area contributed by atoms with Crippen LogP contribution >= 0.6 is 0 Å². The summed E-state index contributed by atoms with van der Waals surface area (Å²) < 4.78 is 23.3. The predicted molar refractivity (Wildman–Crippen MR) is 88.2 cm³/mol. The van der Waals surface area contributed by atoms with Gasteiger partial charge in [0.25, 0.3) is 0 Å². The highest BCUT2D eigenvalue weighted by Crippen LogP contribution is 2.24. The lowest BCUT2D eigenvalue weighted by Crippen LogP contribution is -2.48. The second-order valence-corrected chi connectivity index (χ2v) is 7.25. The molecule has 0 amide bonds. The van der Waals surface area contributed by atoms with Gasteiger partial charge in [-0.05, 0) is 33.1 Å². The van der Waals surface area contributed by atoms with Crippen molar-refractivity contribution >= 4 is 5.97 Å². The van der Waals surface area contributed by atoms with Gasteiger partial charge in [0.2, 0.25) is 0 Å². The molecule has 1 heterocycles. The lowest BCUT2D eigenvalue weighted by molar-refractivity contribution is -0.193. The fraction of sp³-hybridized carbons (Fsp3) is 0.941. The normalized spacial score (nSPS) is 30.5. The van der Waals surface area contributed by atoms with Gasteiger partial charge in [0.15, 0.2) is 0 Å². The summed E-state index contributed by atoms with van der Waals surface area (Å²) in [5, 5.41) is 0. The summed E-state index contributed by atoms with van der Waals surface area (Å²) in [6.45, 7) is 13.1. The molecule has 0 bridgehead atoms. The number of ether oxygens (including phenoxy) is 4. The standard InChI is InChI=1S/C17H33NO5/c1-7-17(5,6)23-15-12(4)22-16(19)13(18)9-20-10-14(15)21-8-11(2)3/h11-15H,7-10,18H2,1-6H3/t12-,13-,14-,15-/m0/s1. The first-order valence-electron chi connectivity index (χ1n) is 8.49. The van der Waals surface area contributed by atoms with Crippen molar-refractivity contribution in [3.63, 3.8) is 0 Å². The summed E-state index contributed by atoms with van der Waals surface area (Å²) in [5.74, 6) is -0.0764. The maximum absolute atomic E-state index is 12.0. The van der Waals surface area contributed by atoms with Gasteiger partial charge in [-0.3, -0.25) is 4.79 Å². The molecule has 0 aromatic carbocycles. The van der Waals surface area contributed by atoms with Crippen molar-refractivity contribution in [2.45, 2.75) is 77.9 Å². The van der Waals surface area contributed by atoms with E-state index in [2.05, 4.69) is 20.8 Å². The Bertz CT molecular complexity index is 372. The van der Waals surface area contributed by atoms with Crippen molar-refractivity contribution in [1.29, 1.82) is 0 Å². The molecule has 4 atom stereocenters. The Hall–Kier alpha value is -0.690. The fourth-order valence-corrected chi connectivity index (χ4v) is 2.20. The zero-order valence-electron chi connectivity index (χ0n) is 15.3. The second kappa shape index (κ2) is 8.97. The van der Waals surface area contributed by atoms with E-state index in [9.17, 15) is 4.79 Å². The van der Waals surface area contributed by atoms with Crippen molar-refractivity contribution < 1.29 is 23.7 Å². The lowest BCUT2D eigenvalue weighted by Gasteiger charge is -2.37. The summed E-state index contributed by atoms with van der Waals surface area (Å²) in [5.41, 5.74) is 5.42. The highest BCUT2D eigenvalue weighted by Gasteiger charge is 2.37. The maximum Gasteiger partial charge on any atom is 0.325 e. The number of carbonyl (C=O) groups is 1. The molecule has 0 aromatic heterocycles. The Morgan fingerprint density at radius 2 is 2.00 bits per heavy atom. The number of cyclic esters (lactones) is 1. The Kier molecular flexibility index (Phi) is 7.94. The van der Waals surface area contributed by atoms with Crippen molar-refractivity contribution in [3.05, 3.63) is 0 Å². The quantitative estimate of drug-likeness (QED) is 0.749. The van der Waals surface area contributed by atoms with E-state index in [1.54, 1.807) is 0 Å². The van der Waals surface area contributed by atoms with Crippen molar-refractivity contribution in [3.8, 4) is 0 Å². The van der Waals surface area contributed by atoms with Crippen LogP contribution in [0.3, 0.4) is 0 Å². The molecule has 1 saturated heterocycles. The number of hydrogen-bond acceptors (Lipinski definition) is 6. The zero-order chi connectivity index (χ0) is 17.6. The van der Waals surface area contributed by atoms with Crippen LogP contribution in [0.4, 0.5) is 0 Å².